The predicted octanol–water partition coefficient (Wildman–Crippen LogP) is 3.09. The zero-order valence-corrected chi connectivity index (χ0v) is 14.1. The van der Waals surface area contributed by atoms with Crippen LogP contribution < -0.4 is 5.32 Å². The number of urea groups is 1. The molecule has 0 unspecified atom stereocenters. The van der Waals surface area contributed by atoms with E-state index in [-0.39, 0.29) is 24.0 Å². The summed E-state index contributed by atoms with van der Waals surface area (Å²) in [6, 6.07) is 6.98. The molecule has 4 nitrogen and oxygen atoms in total. The zero-order valence-electron chi connectivity index (χ0n) is 14.1. The van der Waals surface area contributed by atoms with Crippen molar-refractivity contribution in [3.8, 4) is 0 Å². The number of carbonyl (C=O) groups excluding carboxylic acids is 1. The van der Waals surface area contributed by atoms with Gasteiger partial charge in [-0.1, -0.05) is 12.1 Å². The summed E-state index contributed by atoms with van der Waals surface area (Å²) in [4.78, 5) is 14.3. The van der Waals surface area contributed by atoms with Gasteiger partial charge in [0.1, 0.15) is 5.82 Å². The normalized spacial score (nSPS) is 25.5. The molecule has 0 atom stereocenters. The third-order valence-electron chi connectivity index (χ3n) is 5.36. The minimum absolute atomic E-state index is 0.0385. The molecular weight excluding hydrogens is 307 g/mol. The molecule has 1 aromatic rings. The van der Waals surface area contributed by atoms with E-state index in [1.54, 1.807) is 0 Å². The molecule has 3 rings (SSSR count). The van der Waals surface area contributed by atoms with E-state index < -0.39 is 0 Å². The Labute approximate surface area is 143 Å². The number of carbonyl (C=O) groups is 1. The molecule has 1 heterocycles. The number of hydrogen-bond donors (Lipinski definition) is 2. The standard InChI is InChI=1S/C19H27FN2O2/c20-16-3-1-14(2-4-16)13-15-9-11-22(12-10-15)19(24)21-17-5-7-18(23)8-6-17/h1-4,15,17-18,23H,5-13H2,(H,21,24). The van der Waals surface area contributed by atoms with Crippen LogP contribution in [0.1, 0.15) is 44.1 Å². The van der Waals surface area contributed by atoms with E-state index in [0.29, 0.717) is 5.92 Å². The van der Waals surface area contributed by atoms with Crippen LogP contribution in [-0.4, -0.2) is 41.3 Å². The van der Waals surface area contributed by atoms with Crippen molar-refractivity contribution in [2.45, 2.75) is 57.1 Å². The van der Waals surface area contributed by atoms with Crippen LogP contribution in [-0.2, 0) is 6.42 Å². The zero-order chi connectivity index (χ0) is 16.9. The molecule has 0 bridgehead atoms. The first-order chi connectivity index (χ1) is 11.6. The van der Waals surface area contributed by atoms with E-state index in [4.69, 9.17) is 0 Å². The monoisotopic (exact) mass is 334 g/mol. The second-order valence-corrected chi connectivity index (χ2v) is 7.22. The topological polar surface area (TPSA) is 52.6 Å². The van der Waals surface area contributed by atoms with Crippen LogP contribution in [0, 0.1) is 11.7 Å². The molecular formula is C19H27FN2O2. The number of nitrogens with one attached hydrogen (secondary N) is 1. The average molecular weight is 334 g/mol. The Bertz CT molecular complexity index is 533. The Morgan fingerprint density at radius 3 is 2.33 bits per heavy atom. The van der Waals surface area contributed by atoms with Gasteiger partial charge in [-0.2, -0.15) is 0 Å². The molecule has 2 N–H and O–H groups in total. The van der Waals surface area contributed by atoms with Crippen LogP contribution in [0.15, 0.2) is 24.3 Å². The molecule has 1 saturated carbocycles. The van der Waals surface area contributed by atoms with E-state index in [9.17, 15) is 14.3 Å². The van der Waals surface area contributed by atoms with Crippen molar-refractivity contribution in [2.24, 2.45) is 5.92 Å². The number of likely N-dealkylation sites (tertiary alicyclic amines) is 1. The molecule has 1 aliphatic carbocycles. The van der Waals surface area contributed by atoms with Crippen LogP contribution in [0.3, 0.4) is 0 Å². The van der Waals surface area contributed by atoms with Crippen molar-refractivity contribution in [3.63, 3.8) is 0 Å². The Hall–Kier alpha value is -1.62. The van der Waals surface area contributed by atoms with Gasteiger partial charge in [-0.15, -0.1) is 0 Å². The minimum Gasteiger partial charge on any atom is -0.393 e. The molecule has 0 aromatic heterocycles. The summed E-state index contributed by atoms with van der Waals surface area (Å²) >= 11 is 0. The molecule has 0 spiro atoms. The molecule has 0 radical (unpaired) electrons. The lowest BCUT2D eigenvalue weighted by atomic mass is 9.90. The summed E-state index contributed by atoms with van der Waals surface area (Å²) in [6.07, 6.45) is 6.05. The van der Waals surface area contributed by atoms with Gasteiger partial charge in [0.15, 0.2) is 0 Å². The first kappa shape index (κ1) is 17.2. The highest BCUT2D eigenvalue weighted by molar-refractivity contribution is 5.74. The van der Waals surface area contributed by atoms with Gasteiger partial charge >= 0.3 is 6.03 Å². The second-order valence-electron chi connectivity index (χ2n) is 7.22. The number of nitrogens with zero attached hydrogens (tertiary/aromatic N) is 1. The second kappa shape index (κ2) is 7.97. The molecule has 1 aliphatic heterocycles. The number of aliphatic hydroxyl groups excluding tert-OH is 1. The fourth-order valence-corrected chi connectivity index (χ4v) is 3.78. The van der Waals surface area contributed by atoms with Crippen LogP contribution in [0.25, 0.3) is 0 Å². The third-order valence-corrected chi connectivity index (χ3v) is 5.36. The number of piperidine rings is 1. The van der Waals surface area contributed by atoms with Crippen LogP contribution in [0.5, 0.6) is 0 Å². The van der Waals surface area contributed by atoms with Crippen LogP contribution >= 0.6 is 0 Å². The number of aliphatic hydroxyl groups is 1. The van der Waals surface area contributed by atoms with E-state index in [1.807, 2.05) is 17.0 Å². The van der Waals surface area contributed by atoms with Gasteiger partial charge < -0.3 is 15.3 Å². The van der Waals surface area contributed by atoms with E-state index in [1.165, 1.54) is 17.7 Å². The first-order valence-corrected chi connectivity index (χ1v) is 9.08. The number of amides is 2. The van der Waals surface area contributed by atoms with Gasteiger partial charge in [0.25, 0.3) is 0 Å². The van der Waals surface area contributed by atoms with Crippen molar-refractivity contribution >= 4 is 6.03 Å². The Morgan fingerprint density at radius 2 is 1.71 bits per heavy atom. The average Bonchev–Trinajstić information content (AvgIpc) is 2.59. The van der Waals surface area contributed by atoms with Crippen LogP contribution in [0.4, 0.5) is 9.18 Å². The van der Waals surface area contributed by atoms with Crippen molar-refractivity contribution < 1.29 is 14.3 Å². The maximum absolute atomic E-state index is 13.0. The van der Waals surface area contributed by atoms with Gasteiger partial charge in [0.05, 0.1) is 6.10 Å². The predicted molar refractivity (Wildman–Crippen MR) is 91.2 cm³/mol. The summed E-state index contributed by atoms with van der Waals surface area (Å²) in [6.45, 7) is 1.57. The quantitative estimate of drug-likeness (QED) is 0.892. The van der Waals surface area contributed by atoms with Crippen molar-refractivity contribution in [2.75, 3.05) is 13.1 Å². The van der Waals surface area contributed by atoms with Gasteiger partial charge in [-0.3, -0.25) is 0 Å². The summed E-state index contributed by atoms with van der Waals surface area (Å²) in [5.74, 6) is 0.366. The van der Waals surface area contributed by atoms with E-state index in [2.05, 4.69) is 5.32 Å². The highest BCUT2D eigenvalue weighted by Gasteiger charge is 2.26. The third kappa shape index (κ3) is 4.69. The maximum atomic E-state index is 13.0. The Balaban J connectivity index is 1.41. The number of rotatable bonds is 3. The minimum atomic E-state index is -0.194. The maximum Gasteiger partial charge on any atom is 0.317 e. The molecule has 5 heteroatoms. The molecule has 1 saturated heterocycles. The number of benzene rings is 1. The molecule has 24 heavy (non-hydrogen) atoms. The van der Waals surface area contributed by atoms with Crippen molar-refractivity contribution in [3.05, 3.63) is 35.6 Å². The molecule has 132 valence electrons. The highest BCUT2D eigenvalue weighted by Crippen LogP contribution is 2.23. The van der Waals surface area contributed by atoms with Crippen LogP contribution in [0.2, 0.25) is 0 Å². The van der Waals surface area contributed by atoms with E-state index >= 15 is 0 Å². The summed E-state index contributed by atoms with van der Waals surface area (Å²) in [5, 5.41) is 12.6. The SMILES string of the molecule is O=C(NC1CCC(O)CC1)N1CCC(Cc2ccc(F)cc2)CC1. The highest BCUT2D eigenvalue weighted by atomic mass is 19.1. The van der Waals surface area contributed by atoms with Gasteiger partial charge in [0.2, 0.25) is 0 Å². The fraction of sp³-hybridized carbons (Fsp3) is 0.632. The summed E-state index contributed by atoms with van der Waals surface area (Å²) < 4.78 is 13.0. The van der Waals surface area contributed by atoms with E-state index in [0.717, 1.165) is 58.0 Å². The molecule has 2 amide bonds. The Kier molecular flexibility index (Phi) is 5.72. The lowest BCUT2D eigenvalue weighted by molar-refractivity contribution is 0.113. The lowest BCUT2D eigenvalue weighted by Crippen LogP contribution is -2.49. The van der Waals surface area contributed by atoms with Gasteiger partial charge in [0, 0.05) is 19.1 Å². The first-order valence-electron chi connectivity index (χ1n) is 9.08. The van der Waals surface area contributed by atoms with Gasteiger partial charge in [-0.25, -0.2) is 9.18 Å². The summed E-state index contributed by atoms with van der Waals surface area (Å²) in [5.41, 5.74) is 1.17. The number of halogens is 1. The lowest BCUT2D eigenvalue weighted by Gasteiger charge is -2.34. The molecule has 2 fully saturated rings. The molecule has 2 aliphatic rings. The molecule has 1 aromatic carbocycles. The van der Waals surface area contributed by atoms with Gasteiger partial charge in [-0.05, 0) is 68.6 Å². The largest absolute Gasteiger partial charge is 0.393 e. The fourth-order valence-electron chi connectivity index (χ4n) is 3.78. The smallest absolute Gasteiger partial charge is 0.317 e. The Morgan fingerprint density at radius 1 is 1.08 bits per heavy atom. The number of hydrogen-bond acceptors (Lipinski definition) is 2. The van der Waals surface area contributed by atoms with Crippen molar-refractivity contribution in [1.82, 2.24) is 10.2 Å². The summed E-state index contributed by atoms with van der Waals surface area (Å²) in [7, 11) is 0. The van der Waals surface area contributed by atoms with Crippen molar-refractivity contribution in [1.29, 1.82) is 0 Å².